The summed E-state index contributed by atoms with van der Waals surface area (Å²) in [6.45, 7) is 8.59. The predicted octanol–water partition coefficient (Wildman–Crippen LogP) is 3.55. The number of nitrogens with two attached hydrogens (primary N) is 1. The standard InChI is InChI=1S/C21H31N3O4S.C8H8ClNO/c1-5-16(14(2)28-22)19(26)23-17(11-15-9-7-6-8-10-15)18(25)20(27)24-12-21(3,4)29-13-24;9-8-4-2-1-3-7(8)5-10-6-11/h6-10,17-18,25H,5,11-13,22H2,1-4H3,(H,23,26);1-4,6H,5H2,(H,10,11)/b16-14+;. The van der Waals surface area contributed by atoms with Crippen LogP contribution in [0, 0.1) is 0 Å². The zero-order chi connectivity index (χ0) is 29.7. The number of halogens is 1. The SMILES string of the molecule is CC/C(C(=O)NC(Cc1ccccc1)C(O)C(=O)N1CSC(C)(C)C1)=C(/C)ON.O=CNCc1ccccc1Cl. The Morgan fingerprint density at radius 1 is 1.20 bits per heavy atom. The van der Waals surface area contributed by atoms with Gasteiger partial charge in [0.05, 0.1) is 17.5 Å². The number of carbonyl (C=O) groups is 3. The summed E-state index contributed by atoms with van der Waals surface area (Å²) >= 11 is 7.47. The predicted molar refractivity (Wildman–Crippen MR) is 159 cm³/mol. The van der Waals surface area contributed by atoms with Crippen LogP contribution >= 0.6 is 23.4 Å². The molecule has 40 heavy (non-hydrogen) atoms. The molecule has 0 bridgehead atoms. The van der Waals surface area contributed by atoms with Crippen molar-refractivity contribution in [3.63, 3.8) is 0 Å². The van der Waals surface area contributed by atoms with Crippen molar-refractivity contribution in [1.82, 2.24) is 15.5 Å². The number of benzene rings is 2. The molecule has 2 aromatic carbocycles. The second kappa shape index (κ2) is 16.3. The number of rotatable bonds is 11. The van der Waals surface area contributed by atoms with Gasteiger partial charge in [-0.05, 0) is 50.8 Å². The van der Waals surface area contributed by atoms with Crippen LogP contribution in [0.5, 0.6) is 0 Å². The fourth-order valence-electron chi connectivity index (χ4n) is 4.10. The van der Waals surface area contributed by atoms with E-state index in [0.717, 1.165) is 11.1 Å². The molecule has 1 aliphatic rings. The van der Waals surface area contributed by atoms with E-state index < -0.39 is 18.1 Å². The van der Waals surface area contributed by atoms with Crippen molar-refractivity contribution in [3.8, 4) is 0 Å². The second-order valence-corrected chi connectivity index (χ2v) is 11.9. The fraction of sp³-hybridized carbons (Fsp3) is 0.414. The maximum Gasteiger partial charge on any atom is 0.254 e. The van der Waals surface area contributed by atoms with E-state index in [4.69, 9.17) is 22.3 Å². The summed E-state index contributed by atoms with van der Waals surface area (Å²) in [4.78, 5) is 42.0. The van der Waals surface area contributed by atoms with Crippen LogP contribution in [0.25, 0.3) is 0 Å². The van der Waals surface area contributed by atoms with Gasteiger partial charge >= 0.3 is 0 Å². The van der Waals surface area contributed by atoms with Crippen molar-refractivity contribution in [2.24, 2.45) is 5.90 Å². The minimum Gasteiger partial charge on any atom is -0.416 e. The smallest absolute Gasteiger partial charge is 0.254 e. The van der Waals surface area contributed by atoms with Gasteiger partial charge in [0.15, 0.2) is 6.10 Å². The Morgan fingerprint density at radius 2 is 1.85 bits per heavy atom. The molecule has 3 amide bonds. The monoisotopic (exact) mass is 590 g/mol. The van der Waals surface area contributed by atoms with Crippen molar-refractivity contribution < 1.29 is 24.3 Å². The molecule has 11 heteroatoms. The summed E-state index contributed by atoms with van der Waals surface area (Å²) in [6.07, 6.45) is 0.0338. The molecule has 1 heterocycles. The molecule has 3 rings (SSSR count). The van der Waals surface area contributed by atoms with Gasteiger partial charge in [0.2, 0.25) is 6.41 Å². The molecule has 2 aromatic rings. The Balaban J connectivity index is 0.000000425. The van der Waals surface area contributed by atoms with Crippen molar-refractivity contribution in [1.29, 1.82) is 0 Å². The minimum absolute atomic E-state index is 0.0543. The number of carbonyl (C=O) groups excluding carboxylic acids is 3. The number of aliphatic hydroxyl groups is 1. The van der Waals surface area contributed by atoms with Crippen LogP contribution in [0.1, 0.15) is 45.2 Å². The molecule has 2 unspecified atom stereocenters. The van der Waals surface area contributed by atoms with Gasteiger partial charge < -0.3 is 25.5 Å². The number of amides is 3. The molecule has 0 aromatic heterocycles. The average Bonchev–Trinajstić information content (AvgIpc) is 3.32. The molecule has 0 saturated carbocycles. The van der Waals surface area contributed by atoms with Crippen LogP contribution in [0.4, 0.5) is 0 Å². The maximum absolute atomic E-state index is 12.9. The first-order chi connectivity index (χ1) is 19.0. The number of nitrogens with zero attached hydrogens (tertiary/aromatic N) is 1. The molecular formula is C29H39ClN4O5S. The molecule has 9 nitrogen and oxygen atoms in total. The first-order valence-corrected chi connectivity index (χ1v) is 14.3. The fourth-order valence-corrected chi connectivity index (χ4v) is 5.28. The highest BCUT2D eigenvalue weighted by Crippen LogP contribution is 2.33. The zero-order valence-corrected chi connectivity index (χ0v) is 24.9. The Morgan fingerprint density at radius 3 is 2.40 bits per heavy atom. The third-order valence-corrected chi connectivity index (χ3v) is 8.03. The highest BCUT2D eigenvalue weighted by atomic mass is 35.5. The molecule has 0 spiro atoms. The summed E-state index contributed by atoms with van der Waals surface area (Å²) in [5, 5.41) is 16.9. The summed E-state index contributed by atoms with van der Waals surface area (Å²) in [7, 11) is 0. The first-order valence-electron chi connectivity index (χ1n) is 13.0. The zero-order valence-electron chi connectivity index (χ0n) is 23.4. The minimum atomic E-state index is -1.36. The lowest BCUT2D eigenvalue weighted by Crippen LogP contribution is -2.53. The van der Waals surface area contributed by atoms with E-state index in [1.54, 1.807) is 29.7 Å². The molecule has 2 atom stereocenters. The number of thioether (sulfide) groups is 1. The van der Waals surface area contributed by atoms with Crippen molar-refractivity contribution >= 4 is 41.6 Å². The summed E-state index contributed by atoms with van der Waals surface area (Å²) in [5.41, 5.74) is 2.22. The van der Waals surface area contributed by atoms with Gasteiger partial charge in [-0.1, -0.05) is 67.1 Å². The van der Waals surface area contributed by atoms with Crippen LogP contribution in [0.15, 0.2) is 65.9 Å². The van der Waals surface area contributed by atoms with Gasteiger partial charge in [-0.2, -0.15) is 5.90 Å². The molecule has 1 aliphatic heterocycles. The summed E-state index contributed by atoms with van der Waals surface area (Å²) in [6, 6.07) is 16.1. The second-order valence-electron chi connectivity index (χ2n) is 9.88. The van der Waals surface area contributed by atoms with E-state index in [-0.39, 0.29) is 10.7 Å². The van der Waals surface area contributed by atoms with Gasteiger partial charge in [-0.3, -0.25) is 14.4 Å². The molecule has 5 N–H and O–H groups in total. The quantitative estimate of drug-likeness (QED) is 0.136. The van der Waals surface area contributed by atoms with Crippen molar-refractivity contribution in [2.45, 2.75) is 64.0 Å². The highest BCUT2D eigenvalue weighted by Gasteiger charge is 2.38. The Hall–Kier alpha value is -3.05. The number of hydrogen-bond donors (Lipinski definition) is 4. The average molecular weight is 591 g/mol. The third-order valence-electron chi connectivity index (χ3n) is 6.31. The van der Waals surface area contributed by atoms with Gasteiger partial charge in [0, 0.05) is 22.9 Å². The van der Waals surface area contributed by atoms with E-state index in [1.165, 1.54) is 0 Å². The molecule has 0 radical (unpaired) electrons. The van der Waals surface area contributed by atoms with Crippen LogP contribution in [-0.4, -0.2) is 57.5 Å². The molecular weight excluding hydrogens is 552 g/mol. The summed E-state index contributed by atoms with van der Waals surface area (Å²) in [5.74, 6) is 5.26. The van der Waals surface area contributed by atoms with E-state index in [0.29, 0.717) is 54.6 Å². The van der Waals surface area contributed by atoms with E-state index in [9.17, 15) is 19.5 Å². The lowest BCUT2D eigenvalue weighted by molar-refractivity contribution is -0.141. The lowest BCUT2D eigenvalue weighted by Gasteiger charge is -2.28. The highest BCUT2D eigenvalue weighted by molar-refractivity contribution is 8.00. The Bertz CT molecular complexity index is 1160. The van der Waals surface area contributed by atoms with Gasteiger partial charge in [-0.15, -0.1) is 11.8 Å². The molecule has 1 saturated heterocycles. The topological polar surface area (TPSA) is 134 Å². The Kier molecular flexibility index (Phi) is 13.5. The van der Waals surface area contributed by atoms with Gasteiger partial charge in [0.1, 0.15) is 5.76 Å². The number of aliphatic hydroxyl groups excluding tert-OH is 1. The lowest BCUT2D eigenvalue weighted by atomic mass is 9.99. The van der Waals surface area contributed by atoms with Crippen LogP contribution in [0.2, 0.25) is 5.02 Å². The summed E-state index contributed by atoms with van der Waals surface area (Å²) < 4.78 is -0.0543. The van der Waals surface area contributed by atoms with E-state index in [1.807, 2.05) is 55.5 Å². The molecule has 218 valence electrons. The van der Waals surface area contributed by atoms with Crippen LogP contribution in [0.3, 0.4) is 0 Å². The van der Waals surface area contributed by atoms with Crippen LogP contribution < -0.4 is 16.5 Å². The molecule has 0 aliphatic carbocycles. The maximum atomic E-state index is 12.9. The number of nitrogens with one attached hydrogen (secondary N) is 2. The molecule has 1 fully saturated rings. The van der Waals surface area contributed by atoms with Crippen molar-refractivity contribution in [3.05, 3.63) is 82.1 Å². The van der Waals surface area contributed by atoms with Crippen LogP contribution in [-0.2, 0) is 32.2 Å². The number of hydrogen-bond acceptors (Lipinski definition) is 7. The van der Waals surface area contributed by atoms with Crippen molar-refractivity contribution in [2.75, 3.05) is 12.4 Å². The van der Waals surface area contributed by atoms with E-state index >= 15 is 0 Å². The first kappa shape index (κ1) is 33.2. The van der Waals surface area contributed by atoms with Gasteiger partial charge in [-0.25, -0.2) is 0 Å². The van der Waals surface area contributed by atoms with Gasteiger partial charge in [0.25, 0.3) is 11.8 Å². The largest absolute Gasteiger partial charge is 0.416 e. The number of allylic oxidation sites excluding steroid dienone is 1. The normalized spacial score (nSPS) is 16.0. The third kappa shape index (κ3) is 10.2. The van der Waals surface area contributed by atoms with E-state index in [2.05, 4.69) is 24.5 Å². The Labute approximate surface area is 245 Å².